The summed E-state index contributed by atoms with van der Waals surface area (Å²) >= 11 is 1.32. The fourth-order valence-corrected chi connectivity index (χ4v) is 4.76. The summed E-state index contributed by atoms with van der Waals surface area (Å²) in [6, 6.07) is 9.87. The fourth-order valence-electron chi connectivity index (χ4n) is 3.83. The quantitative estimate of drug-likeness (QED) is 0.553. The van der Waals surface area contributed by atoms with Gasteiger partial charge in [-0.15, -0.1) is 11.3 Å². The summed E-state index contributed by atoms with van der Waals surface area (Å²) in [5, 5.41) is 9.08. The second-order valence-electron chi connectivity index (χ2n) is 7.32. The number of benzene rings is 1. The van der Waals surface area contributed by atoms with Gasteiger partial charge in [0.15, 0.2) is 0 Å². The van der Waals surface area contributed by atoms with Crippen molar-refractivity contribution in [3.63, 3.8) is 0 Å². The number of aromatic carboxylic acids is 1. The van der Waals surface area contributed by atoms with Crippen molar-refractivity contribution >= 4 is 17.3 Å². The van der Waals surface area contributed by atoms with Gasteiger partial charge in [0.25, 0.3) is 0 Å². The highest BCUT2D eigenvalue weighted by atomic mass is 32.1. The molecule has 0 amide bonds. The third kappa shape index (κ3) is 5.18. The Morgan fingerprint density at radius 2 is 2.00 bits per heavy atom. The standard InChI is InChI=1S/C22H28O3S/c1-16-14-18(15-25-13-5-8-17-6-3-2-4-7-17)9-10-19(16)20-11-12-21(26-20)22(23)24/h9-12,14,17H,2-8,13,15H2,1H3,(H,23,24). The molecule has 3 nitrogen and oxygen atoms in total. The van der Waals surface area contributed by atoms with Gasteiger partial charge in [0.1, 0.15) is 4.88 Å². The van der Waals surface area contributed by atoms with Crippen LogP contribution in [0.5, 0.6) is 0 Å². The van der Waals surface area contributed by atoms with E-state index in [0.29, 0.717) is 11.5 Å². The van der Waals surface area contributed by atoms with E-state index in [1.165, 1.54) is 55.4 Å². The van der Waals surface area contributed by atoms with Gasteiger partial charge >= 0.3 is 5.97 Å². The van der Waals surface area contributed by atoms with Crippen LogP contribution in [0, 0.1) is 12.8 Å². The molecular formula is C22H28O3S. The van der Waals surface area contributed by atoms with Crippen LogP contribution in [0.25, 0.3) is 10.4 Å². The van der Waals surface area contributed by atoms with Crippen LogP contribution >= 0.6 is 11.3 Å². The Bertz CT molecular complexity index is 729. The van der Waals surface area contributed by atoms with Crippen molar-refractivity contribution in [2.75, 3.05) is 6.61 Å². The molecule has 0 radical (unpaired) electrons. The van der Waals surface area contributed by atoms with Crippen LogP contribution in [0.2, 0.25) is 0 Å². The monoisotopic (exact) mass is 372 g/mol. The molecule has 1 aromatic carbocycles. The number of carbonyl (C=O) groups is 1. The topological polar surface area (TPSA) is 46.5 Å². The van der Waals surface area contributed by atoms with E-state index in [2.05, 4.69) is 25.1 Å². The van der Waals surface area contributed by atoms with Gasteiger partial charge in [-0.3, -0.25) is 0 Å². The molecule has 1 fully saturated rings. The lowest BCUT2D eigenvalue weighted by atomic mass is 9.86. The van der Waals surface area contributed by atoms with Gasteiger partial charge in [0.2, 0.25) is 0 Å². The third-order valence-corrected chi connectivity index (χ3v) is 6.37. The normalized spacial score (nSPS) is 15.3. The number of carboxylic acid groups (broad SMARTS) is 1. The van der Waals surface area contributed by atoms with Crippen LogP contribution in [0.15, 0.2) is 30.3 Å². The summed E-state index contributed by atoms with van der Waals surface area (Å²) in [7, 11) is 0. The van der Waals surface area contributed by atoms with Gasteiger partial charge in [0, 0.05) is 11.5 Å². The molecule has 0 spiro atoms. The number of aryl methyl sites for hydroxylation is 1. The molecule has 1 aliphatic rings. The number of rotatable bonds is 8. The highest BCUT2D eigenvalue weighted by Gasteiger charge is 2.13. The smallest absolute Gasteiger partial charge is 0.345 e. The van der Waals surface area contributed by atoms with Crippen LogP contribution < -0.4 is 0 Å². The first kappa shape index (κ1) is 19.1. The van der Waals surface area contributed by atoms with Gasteiger partial charge in [-0.05, 0) is 54.5 Å². The minimum atomic E-state index is -0.864. The Morgan fingerprint density at radius 3 is 2.69 bits per heavy atom. The molecule has 1 N–H and O–H groups in total. The van der Waals surface area contributed by atoms with Gasteiger partial charge in [-0.25, -0.2) is 4.79 Å². The largest absolute Gasteiger partial charge is 0.477 e. The summed E-state index contributed by atoms with van der Waals surface area (Å²) in [5.74, 6) is 0.0625. The van der Waals surface area contributed by atoms with Gasteiger partial charge in [-0.2, -0.15) is 0 Å². The van der Waals surface area contributed by atoms with Crippen molar-refractivity contribution < 1.29 is 14.6 Å². The summed E-state index contributed by atoms with van der Waals surface area (Å²) in [6.07, 6.45) is 9.53. The molecule has 2 aromatic rings. The molecule has 4 heteroatoms. The molecule has 1 saturated carbocycles. The van der Waals surface area contributed by atoms with Crippen molar-refractivity contribution in [2.24, 2.45) is 5.92 Å². The molecule has 0 unspecified atom stereocenters. The van der Waals surface area contributed by atoms with E-state index < -0.39 is 5.97 Å². The maximum atomic E-state index is 11.1. The highest BCUT2D eigenvalue weighted by Crippen LogP contribution is 2.31. The predicted molar refractivity (Wildman–Crippen MR) is 107 cm³/mol. The van der Waals surface area contributed by atoms with E-state index in [1.54, 1.807) is 6.07 Å². The van der Waals surface area contributed by atoms with Crippen LogP contribution in [0.4, 0.5) is 0 Å². The molecule has 3 rings (SSSR count). The summed E-state index contributed by atoms with van der Waals surface area (Å²) < 4.78 is 5.87. The highest BCUT2D eigenvalue weighted by molar-refractivity contribution is 7.17. The summed E-state index contributed by atoms with van der Waals surface area (Å²) in [4.78, 5) is 12.4. The van der Waals surface area contributed by atoms with Gasteiger partial charge in [-0.1, -0.05) is 50.3 Å². The number of hydrogen-bond donors (Lipinski definition) is 1. The lowest BCUT2D eigenvalue weighted by molar-refractivity contribution is 0.0702. The number of ether oxygens (including phenoxy) is 1. The molecule has 140 valence electrons. The Morgan fingerprint density at radius 1 is 1.19 bits per heavy atom. The molecule has 26 heavy (non-hydrogen) atoms. The van der Waals surface area contributed by atoms with Crippen LogP contribution in [0.3, 0.4) is 0 Å². The van der Waals surface area contributed by atoms with E-state index in [9.17, 15) is 4.79 Å². The minimum Gasteiger partial charge on any atom is -0.477 e. The molecular weight excluding hydrogens is 344 g/mol. The Balaban J connectivity index is 1.47. The summed E-state index contributed by atoms with van der Waals surface area (Å²) in [5.41, 5.74) is 3.44. The van der Waals surface area contributed by atoms with Crippen molar-refractivity contribution in [1.29, 1.82) is 0 Å². The predicted octanol–water partition coefficient (Wildman–Crippen LogP) is 6.30. The van der Waals surface area contributed by atoms with E-state index in [4.69, 9.17) is 9.84 Å². The molecule has 0 bridgehead atoms. The number of carboxylic acids is 1. The maximum Gasteiger partial charge on any atom is 0.345 e. The van der Waals surface area contributed by atoms with E-state index in [1.807, 2.05) is 6.07 Å². The lowest BCUT2D eigenvalue weighted by Crippen LogP contribution is -2.07. The summed E-state index contributed by atoms with van der Waals surface area (Å²) in [6.45, 7) is 3.56. The van der Waals surface area contributed by atoms with Crippen LogP contribution in [-0.2, 0) is 11.3 Å². The molecule has 1 aliphatic carbocycles. The van der Waals surface area contributed by atoms with E-state index in [-0.39, 0.29) is 0 Å². The van der Waals surface area contributed by atoms with Gasteiger partial charge in [0.05, 0.1) is 6.61 Å². The first-order valence-electron chi connectivity index (χ1n) is 9.64. The first-order chi connectivity index (χ1) is 12.6. The average Bonchev–Trinajstić information content (AvgIpc) is 3.12. The SMILES string of the molecule is Cc1cc(COCCCC2CCCCC2)ccc1-c1ccc(C(=O)O)s1. The number of thiophene rings is 1. The molecule has 0 saturated heterocycles. The van der Waals surface area contributed by atoms with Crippen LogP contribution in [0.1, 0.15) is 65.7 Å². The Hall–Kier alpha value is -1.65. The second kappa shape index (κ2) is 9.33. The van der Waals surface area contributed by atoms with E-state index in [0.717, 1.165) is 34.9 Å². The number of hydrogen-bond acceptors (Lipinski definition) is 3. The van der Waals surface area contributed by atoms with Crippen molar-refractivity contribution in [3.8, 4) is 10.4 Å². The fraction of sp³-hybridized carbons (Fsp3) is 0.500. The van der Waals surface area contributed by atoms with Crippen molar-refractivity contribution in [3.05, 3.63) is 46.3 Å². The Kier molecular flexibility index (Phi) is 6.86. The Labute approximate surface area is 160 Å². The molecule has 0 aliphatic heterocycles. The molecule has 1 aromatic heterocycles. The zero-order valence-corrected chi connectivity index (χ0v) is 16.3. The average molecular weight is 373 g/mol. The van der Waals surface area contributed by atoms with Crippen LogP contribution in [-0.4, -0.2) is 17.7 Å². The van der Waals surface area contributed by atoms with E-state index >= 15 is 0 Å². The van der Waals surface area contributed by atoms with Gasteiger partial charge < -0.3 is 9.84 Å². The molecule has 1 heterocycles. The lowest BCUT2D eigenvalue weighted by Gasteiger charge is -2.21. The minimum absolute atomic E-state index is 0.379. The third-order valence-electron chi connectivity index (χ3n) is 5.27. The van der Waals surface area contributed by atoms with Crippen molar-refractivity contribution in [2.45, 2.75) is 58.5 Å². The second-order valence-corrected chi connectivity index (χ2v) is 8.40. The zero-order valence-electron chi connectivity index (χ0n) is 15.5. The maximum absolute atomic E-state index is 11.1. The first-order valence-corrected chi connectivity index (χ1v) is 10.5. The molecule has 0 atom stereocenters. The van der Waals surface area contributed by atoms with Crippen molar-refractivity contribution in [1.82, 2.24) is 0 Å². The zero-order chi connectivity index (χ0) is 18.4.